The second-order valence-electron chi connectivity index (χ2n) is 3.34. The van der Waals surface area contributed by atoms with Crippen molar-refractivity contribution in [1.29, 1.82) is 0 Å². The van der Waals surface area contributed by atoms with E-state index < -0.39 is 5.97 Å². The molecular weight excluding hydrogens is 228 g/mol. The molecule has 0 spiro atoms. The number of carboxylic acid groups (broad SMARTS) is 1. The van der Waals surface area contributed by atoms with E-state index in [-0.39, 0.29) is 5.56 Å². The predicted octanol–water partition coefficient (Wildman–Crippen LogP) is 0.948. The van der Waals surface area contributed by atoms with Crippen LogP contribution in [0.3, 0.4) is 0 Å². The number of carbonyl (C=O) groups excluding carboxylic acids is 1. The molecule has 0 N–H and O–H groups in total. The number of nitrogens with zero attached hydrogens (tertiary/aromatic N) is 2. The molecule has 0 radical (unpaired) electrons. The third-order valence-corrected chi connectivity index (χ3v) is 2.33. The zero-order valence-electron chi connectivity index (χ0n) is 8.26. The molecular formula is C11H8ClN2O2-. The normalized spacial score (nSPS) is 10.3. The topological polar surface area (TPSA) is 57.9 Å². The Morgan fingerprint density at radius 1 is 1.38 bits per heavy atom. The van der Waals surface area contributed by atoms with E-state index in [1.807, 2.05) is 0 Å². The van der Waals surface area contributed by atoms with E-state index in [9.17, 15) is 9.90 Å². The fraction of sp³-hybridized carbons (Fsp3) is 0.0909. The monoisotopic (exact) mass is 235 g/mol. The van der Waals surface area contributed by atoms with Crippen molar-refractivity contribution in [2.24, 2.45) is 0 Å². The molecule has 2 rings (SSSR count). The van der Waals surface area contributed by atoms with Gasteiger partial charge in [-0.1, -0.05) is 35.9 Å². The predicted molar refractivity (Wildman–Crippen MR) is 57.1 cm³/mol. The minimum Gasteiger partial charge on any atom is -0.545 e. The highest BCUT2D eigenvalue weighted by Gasteiger charge is 1.98. The van der Waals surface area contributed by atoms with Crippen molar-refractivity contribution in [2.45, 2.75) is 6.54 Å². The van der Waals surface area contributed by atoms with Gasteiger partial charge in [0.05, 0.1) is 23.7 Å². The first-order valence-corrected chi connectivity index (χ1v) is 5.01. The number of hydrogen-bond acceptors (Lipinski definition) is 3. The fourth-order valence-corrected chi connectivity index (χ4v) is 1.51. The van der Waals surface area contributed by atoms with Crippen LogP contribution in [0.1, 0.15) is 15.9 Å². The van der Waals surface area contributed by atoms with E-state index in [1.54, 1.807) is 29.2 Å². The lowest BCUT2D eigenvalue weighted by atomic mass is 10.1. The lowest BCUT2D eigenvalue weighted by molar-refractivity contribution is -0.255. The lowest BCUT2D eigenvalue weighted by Gasteiger charge is -2.04. The summed E-state index contributed by atoms with van der Waals surface area (Å²) < 4.78 is 1.68. The van der Waals surface area contributed by atoms with E-state index in [1.165, 1.54) is 12.1 Å². The van der Waals surface area contributed by atoms with Crippen molar-refractivity contribution in [1.82, 2.24) is 9.78 Å². The highest BCUT2D eigenvalue weighted by Crippen LogP contribution is 2.09. The molecule has 16 heavy (non-hydrogen) atoms. The maximum Gasteiger partial charge on any atom is 0.0785 e. The average molecular weight is 236 g/mol. The number of carboxylic acids is 1. The molecule has 2 aromatic rings. The van der Waals surface area contributed by atoms with Crippen molar-refractivity contribution in [3.8, 4) is 0 Å². The molecule has 1 heterocycles. The van der Waals surface area contributed by atoms with Crippen LogP contribution >= 0.6 is 11.6 Å². The molecule has 0 unspecified atom stereocenters. The van der Waals surface area contributed by atoms with Crippen LogP contribution in [0, 0.1) is 0 Å². The maximum atomic E-state index is 10.5. The average Bonchev–Trinajstić information content (AvgIpc) is 2.65. The Morgan fingerprint density at radius 2 is 2.06 bits per heavy atom. The fourth-order valence-electron chi connectivity index (χ4n) is 1.36. The zero-order chi connectivity index (χ0) is 11.5. The zero-order valence-corrected chi connectivity index (χ0v) is 9.02. The summed E-state index contributed by atoms with van der Waals surface area (Å²) in [6.07, 6.45) is 3.26. The van der Waals surface area contributed by atoms with Crippen LogP contribution in [0.4, 0.5) is 0 Å². The summed E-state index contributed by atoms with van der Waals surface area (Å²) >= 11 is 5.72. The highest BCUT2D eigenvalue weighted by atomic mass is 35.5. The second-order valence-corrected chi connectivity index (χ2v) is 3.78. The van der Waals surface area contributed by atoms with E-state index in [0.717, 1.165) is 5.56 Å². The minimum atomic E-state index is -1.17. The number of aromatic nitrogens is 2. The molecule has 1 aromatic carbocycles. The Balaban J connectivity index is 2.14. The molecule has 0 bridgehead atoms. The van der Waals surface area contributed by atoms with Gasteiger partial charge in [-0.05, 0) is 11.1 Å². The Labute approximate surface area is 97.1 Å². The van der Waals surface area contributed by atoms with Gasteiger partial charge in [-0.15, -0.1) is 0 Å². The largest absolute Gasteiger partial charge is 0.545 e. The summed E-state index contributed by atoms with van der Waals surface area (Å²) in [6, 6.07) is 6.47. The van der Waals surface area contributed by atoms with E-state index >= 15 is 0 Å². The third-order valence-electron chi connectivity index (χ3n) is 2.14. The third kappa shape index (κ3) is 2.41. The molecule has 0 aliphatic rings. The minimum absolute atomic E-state index is 0.169. The molecule has 0 fully saturated rings. The molecule has 82 valence electrons. The van der Waals surface area contributed by atoms with Gasteiger partial charge in [0.2, 0.25) is 0 Å². The molecule has 0 aliphatic heterocycles. The number of hydrogen-bond donors (Lipinski definition) is 0. The lowest BCUT2D eigenvalue weighted by Crippen LogP contribution is -2.22. The van der Waals surface area contributed by atoms with Gasteiger partial charge in [0.25, 0.3) is 0 Å². The molecule has 0 atom stereocenters. The summed E-state index contributed by atoms with van der Waals surface area (Å²) in [5.41, 5.74) is 1.12. The van der Waals surface area contributed by atoms with Crippen molar-refractivity contribution in [3.63, 3.8) is 0 Å². The SMILES string of the molecule is O=C([O-])c1ccc(Cn2cc(Cl)cn2)cc1. The molecule has 0 amide bonds. The van der Waals surface area contributed by atoms with Crippen LogP contribution in [0.2, 0.25) is 5.02 Å². The van der Waals surface area contributed by atoms with Crippen LogP contribution in [0.25, 0.3) is 0 Å². The van der Waals surface area contributed by atoms with Gasteiger partial charge in [-0.25, -0.2) is 0 Å². The summed E-state index contributed by atoms with van der Waals surface area (Å²) in [4.78, 5) is 10.5. The molecule has 1 aromatic heterocycles. The molecule has 4 nitrogen and oxygen atoms in total. The van der Waals surface area contributed by atoms with E-state index in [2.05, 4.69) is 5.10 Å². The van der Waals surface area contributed by atoms with Gasteiger partial charge in [0.15, 0.2) is 0 Å². The smallest absolute Gasteiger partial charge is 0.0785 e. The number of halogens is 1. The number of aromatic carboxylic acids is 1. The van der Waals surface area contributed by atoms with Crippen molar-refractivity contribution >= 4 is 17.6 Å². The van der Waals surface area contributed by atoms with Gasteiger partial charge in [-0.2, -0.15) is 5.10 Å². The van der Waals surface area contributed by atoms with E-state index in [4.69, 9.17) is 11.6 Å². The maximum absolute atomic E-state index is 10.5. The van der Waals surface area contributed by atoms with Crippen molar-refractivity contribution in [2.75, 3.05) is 0 Å². The van der Waals surface area contributed by atoms with Gasteiger partial charge in [-0.3, -0.25) is 4.68 Å². The van der Waals surface area contributed by atoms with Crippen molar-refractivity contribution in [3.05, 3.63) is 52.8 Å². The molecule has 5 heteroatoms. The van der Waals surface area contributed by atoms with Crippen LogP contribution in [0.15, 0.2) is 36.7 Å². The van der Waals surface area contributed by atoms with Crippen LogP contribution in [0.5, 0.6) is 0 Å². The van der Waals surface area contributed by atoms with Crippen molar-refractivity contribution < 1.29 is 9.90 Å². The van der Waals surface area contributed by atoms with Crippen LogP contribution in [-0.2, 0) is 6.54 Å². The van der Waals surface area contributed by atoms with Crippen LogP contribution in [-0.4, -0.2) is 15.7 Å². The summed E-state index contributed by atoms with van der Waals surface area (Å²) in [5.74, 6) is -1.17. The number of rotatable bonds is 3. The Hall–Kier alpha value is -1.81. The Bertz CT molecular complexity index is 505. The standard InChI is InChI=1S/C11H9ClN2O2/c12-10-5-13-14(7-10)6-8-1-3-9(4-2-8)11(15)16/h1-5,7H,6H2,(H,15,16)/p-1. The molecule has 0 saturated carbocycles. The second kappa shape index (κ2) is 4.37. The first-order valence-electron chi connectivity index (χ1n) is 4.63. The Kier molecular flexibility index (Phi) is 2.92. The first kappa shape index (κ1) is 10.7. The van der Waals surface area contributed by atoms with Gasteiger partial charge >= 0.3 is 0 Å². The van der Waals surface area contributed by atoms with Crippen LogP contribution < -0.4 is 5.11 Å². The summed E-state index contributed by atoms with van der Waals surface area (Å²) in [7, 11) is 0. The summed E-state index contributed by atoms with van der Waals surface area (Å²) in [6.45, 7) is 0.556. The van der Waals surface area contributed by atoms with Gasteiger partial charge < -0.3 is 9.90 Å². The number of benzene rings is 1. The Morgan fingerprint density at radius 3 is 2.56 bits per heavy atom. The van der Waals surface area contributed by atoms with E-state index in [0.29, 0.717) is 11.6 Å². The summed E-state index contributed by atoms with van der Waals surface area (Å²) in [5, 5.41) is 15.1. The quantitative estimate of drug-likeness (QED) is 0.796. The van der Waals surface area contributed by atoms with Gasteiger partial charge in [0.1, 0.15) is 0 Å². The molecule has 0 aliphatic carbocycles. The van der Waals surface area contributed by atoms with Gasteiger partial charge in [0, 0.05) is 6.20 Å². The number of carbonyl (C=O) groups is 1. The molecule has 0 saturated heterocycles. The first-order chi connectivity index (χ1) is 7.65. The highest BCUT2D eigenvalue weighted by molar-refractivity contribution is 6.30.